The molecule has 1 aromatic rings. The first kappa shape index (κ1) is 13.3. The molecule has 0 saturated carbocycles. The Morgan fingerprint density at radius 3 is 2.44 bits per heavy atom. The largest absolute Gasteiger partial charge is 0.300 e. The molecule has 18 heavy (non-hydrogen) atoms. The second-order valence-electron chi connectivity index (χ2n) is 5.21. The average Bonchev–Trinajstić information content (AvgIpc) is 2.39. The first-order chi connectivity index (χ1) is 8.84. The molecule has 0 aromatic heterocycles. The molecule has 0 N–H and O–H groups in total. The fourth-order valence-corrected chi connectivity index (χ4v) is 2.57. The van der Waals surface area contributed by atoms with Crippen LogP contribution in [0, 0.1) is 0 Å². The molecule has 98 valence electrons. The fourth-order valence-electron chi connectivity index (χ4n) is 2.57. The van der Waals surface area contributed by atoms with Gasteiger partial charge in [-0.25, -0.2) is 0 Å². The molecule has 1 fully saturated rings. The first-order valence-electron chi connectivity index (χ1n) is 7.12. The van der Waals surface area contributed by atoms with Gasteiger partial charge in [0.25, 0.3) is 0 Å². The summed E-state index contributed by atoms with van der Waals surface area (Å²) in [5, 5.41) is 0. The van der Waals surface area contributed by atoms with Crippen molar-refractivity contribution in [2.24, 2.45) is 0 Å². The van der Waals surface area contributed by atoms with Crippen LogP contribution in [0.25, 0.3) is 0 Å². The summed E-state index contributed by atoms with van der Waals surface area (Å²) in [7, 11) is 0. The van der Waals surface area contributed by atoms with Gasteiger partial charge >= 0.3 is 0 Å². The lowest BCUT2D eigenvalue weighted by Crippen LogP contribution is -2.26. The summed E-state index contributed by atoms with van der Waals surface area (Å²) >= 11 is 0. The quantitative estimate of drug-likeness (QED) is 0.796. The number of rotatable bonds is 2. The molecule has 2 heteroatoms. The zero-order valence-corrected chi connectivity index (χ0v) is 11.1. The Morgan fingerprint density at radius 1 is 0.889 bits per heavy atom. The molecule has 0 amide bonds. The van der Waals surface area contributed by atoms with E-state index in [0.717, 1.165) is 38.8 Å². The summed E-state index contributed by atoms with van der Waals surface area (Å²) in [5.74, 6) is 0.455. The number of carbonyl (C=O) groups is 1. The van der Waals surface area contributed by atoms with Crippen molar-refractivity contribution in [2.45, 2.75) is 45.1 Å². The molecule has 1 aromatic carbocycles. The van der Waals surface area contributed by atoms with E-state index in [1.54, 1.807) is 0 Å². The topological polar surface area (TPSA) is 20.3 Å². The van der Waals surface area contributed by atoms with Crippen LogP contribution >= 0.6 is 0 Å². The van der Waals surface area contributed by atoms with Crippen molar-refractivity contribution in [2.75, 3.05) is 13.1 Å². The molecule has 0 spiro atoms. The van der Waals surface area contributed by atoms with Crippen LogP contribution in [0.15, 0.2) is 30.3 Å². The molecule has 2 rings (SSSR count). The minimum absolute atomic E-state index is 0.455. The van der Waals surface area contributed by atoms with Gasteiger partial charge < -0.3 is 0 Å². The molecule has 1 saturated heterocycles. The van der Waals surface area contributed by atoms with Crippen LogP contribution in [0.2, 0.25) is 0 Å². The Morgan fingerprint density at radius 2 is 1.61 bits per heavy atom. The Hall–Kier alpha value is -1.15. The van der Waals surface area contributed by atoms with Crippen LogP contribution in [0.1, 0.15) is 44.1 Å². The van der Waals surface area contributed by atoms with Gasteiger partial charge in [0.1, 0.15) is 5.78 Å². The third-order valence-electron chi connectivity index (χ3n) is 3.61. The monoisotopic (exact) mass is 245 g/mol. The number of benzene rings is 1. The summed E-state index contributed by atoms with van der Waals surface area (Å²) in [6.07, 6.45) is 6.09. The van der Waals surface area contributed by atoms with Gasteiger partial charge in [0.2, 0.25) is 0 Å². The molecule has 0 aliphatic carbocycles. The minimum Gasteiger partial charge on any atom is -0.300 e. The van der Waals surface area contributed by atoms with E-state index in [1.807, 2.05) is 0 Å². The fraction of sp³-hybridized carbons (Fsp3) is 0.562. The molecule has 0 radical (unpaired) electrons. The van der Waals surface area contributed by atoms with Crippen molar-refractivity contribution >= 4 is 5.78 Å². The summed E-state index contributed by atoms with van der Waals surface area (Å²) < 4.78 is 0. The van der Waals surface area contributed by atoms with Crippen molar-refractivity contribution in [1.82, 2.24) is 4.90 Å². The molecule has 2 nitrogen and oxygen atoms in total. The van der Waals surface area contributed by atoms with Crippen LogP contribution in [0.3, 0.4) is 0 Å². The molecule has 0 bridgehead atoms. The van der Waals surface area contributed by atoms with Gasteiger partial charge in [-0.2, -0.15) is 0 Å². The summed E-state index contributed by atoms with van der Waals surface area (Å²) in [5.41, 5.74) is 1.38. The van der Waals surface area contributed by atoms with Crippen molar-refractivity contribution < 1.29 is 4.79 Å². The van der Waals surface area contributed by atoms with Crippen LogP contribution in [0.4, 0.5) is 0 Å². The van der Waals surface area contributed by atoms with Crippen LogP contribution in [0.5, 0.6) is 0 Å². The number of hydrogen-bond donors (Lipinski definition) is 0. The van der Waals surface area contributed by atoms with Gasteiger partial charge in [0, 0.05) is 19.4 Å². The van der Waals surface area contributed by atoms with Crippen LogP contribution < -0.4 is 0 Å². The molecule has 1 heterocycles. The van der Waals surface area contributed by atoms with E-state index >= 15 is 0 Å². The van der Waals surface area contributed by atoms with E-state index in [4.69, 9.17) is 0 Å². The second-order valence-corrected chi connectivity index (χ2v) is 5.21. The maximum atomic E-state index is 11.5. The second kappa shape index (κ2) is 7.32. The third kappa shape index (κ3) is 4.61. The number of carbonyl (C=O) groups excluding carboxylic acids is 1. The maximum Gasteiger partial charge on any atom is 0.132 e. The van der Waals surface area contributed by atoms with E-state index in [2.05, 4.69) is 35.2 Å². The van der Waals surface area contributed by atoms with E-state index in [9.17, 15) is 4.79 Å². The zero-order valence-electron chi connectivity index (χ0n) is 11.1. The number of nitrogens with zero attached hydrogens (tertiary/aromatic N) is 1. The lowest BCUT2D eigenvalue weighted by Gasteiger charge is -2.23. The highest BCUT2D eigenvalue weighted by molar-refractivity contribution is 5.78. The SMILES string of the molecule is O=C1CCCCCN(Cc2ccccc2)CCC1. The maximum absolute atomic E-state index is 11.5. The smallest absolute Gasteiger partial charge is 0.132 e. The Bertz CT molecular complexity index is 361. The molecule has 0 unspecified atom stereocenters. The van der Waals surface area contributed by atoms with Gasteiger partial charge in [-0.1, -0.05) is 36.8 Å². The standard InChI is InChI=1S/C16H23NO/c18-16-10-5-2-6-12-17(13-7-11-16)14-15-8-3-1-4-9-15/h1,3-4,8-9H,2,5-7,10-14H2. The highest BCUT2D eigenvalue weighted by atomic mass is 16.1. The highest BCUT2D eigenvalue weighted by Crippen LogP contribution is 2.12. The zero-order chi connectivity index (χ0) is 12.6. The van der Waals surface area contributed by atoms with Gasteiger partial charge in [0.05, 0.1) is 0 Å². The third-order valence-corrected chi connectivity index (χ3v) is 3.61. The van der Waals surface area contributed by atoms with E-state index in [0.29, 0.717) is 5.78 Å². The van der Waals surface area contributed by atoms with Gasteiger partial charge in [0.15, 0.2) is 0 Å². The molecule has 0 atom stereocenters. The van der Waals surface area contributed by atoms with Crippen LogP contribution in [-0.2, 0) is 11.3 Å². The summed E-state index contributed by atoms with van der Waals surface area (Å²) in [6.45, 7) is 3.25. The van der Waals surface area contributed by atoms with Crippen molar-refractivity contribution in [3.8, 4) is 0 Å². The minimum atomic E-state index is 0.455. The van der Waals surface area contributed by atoms with Gasteiger partial charge in [-0.3, -0.25) is 9.69 Å². The molecular weight excluding hydrogens is 222 g/mol. The number of Topliss-reactive ketones (excluding diaryl/α,β-unsaturated/α-hetero) is 1. The van der Waals surface area contributed by atoms with E-state index in [1.165, 1.54) is 24.9 Å². The van der Waals surface area contributed by atoms with Crippen LogP contribution in [-0.4, -0.2) is 23.8 Å². The van der Waals surface area contributed by atoms with Crippen molar-refractivity contribution in [3.63, 3.8) is 0 Å². The van der Waals surface area contributed by atoms with E-state index < -0.39 is 0 Å². The molecule has 1 aliphatic heterocycles. The average molecular weight is 245 g/mol. The predicted octanol–water partition coefficient (Wildman–Crippen LogP) is 3.41. The predicted molar refractivity (Wildman–Crippen MR) is 74.4 cm³/mol. The number of hydrogen-bond acceptors (Lipinski definition) is 2. The molecular formula is C16H23NO. The van der Waals surface area contributed by atoms with E-state index in [-0.39, 0.29) is 0 Å². The normalized spacial score (nSPS) is 19.7. The first-order valence-corrected chi connectivity index (χ1v) is 7.12. The lowest BCUT2D eigenvalue weighted by atomic mass is 10.1. The lowest BCUT2D eigenvalue weighted by molar-refractivity contribution is -0.119. The van der Waals surface area contributed by atoms with Crippen molar-refractivity contribution in [3.05, 3.63) is 35.9 Å². The molecule has 1 aliphatic rings. The summed E-state index contributed by atoms with van der Waals surface area (Å²) in [4.78, 5) is 14.0. The Kier molecular flexibility index (Phi) is 5.40. The Balaban J connectivity index is 1.87. The van der Waals surface area contributed by atoms with Crippen molar-refractivity contribution in [1.29, 1.82) is 0 Å². The van der Waals surface area contributed by atoms with Gasteiger partial charge in [-0.15, -0.1) is 0 Å². The number of ketones is 1. The van der Waals surface area contributed by atoms with Gasteiger partial charge in [-0.05, 0) is 37.9 Å². The summed E-state index contributed by atoms with van der Waals surface area (Å²) in [6, 6.07) is 10.6. The highest BCUT2D eigenvalue weighted by Gasteiger charge is 2.10. The Labute approximate surface area is 110 Å².